The molecule has 0 radical (unpaired) electrons. The molecule has 1 atom stereocenters. The molecule has 3 heterocycles. The predicted octanol–water partition coefficient (Wildman–Crippen LogP) is 1.25. The Morgan fingerprint density at radius 1 is 1.05 bits per heavy atom. The molecule has 2 fully saturated rings. The molecule has 104 valence electrons. The molecule has 2 saturated heterocycles. The van der Waals surface area contributed by atoms with Crippen molar-refractivity contribution >= 4 is 11.6 Å². The van der Waals surface area contributed by atoms with E-state index in [2.05, 4.69) is 25.8 Å². The van der Waals surface area contributed by atoms with Gasteiger partial charge in [-0.05, 0) is 38.1 Å². The SMILES string of the molecule is NCC1CCN(c2cc(N3CCCCC3)ncn2)C1. The Labute approximate surface area is 114 Å². The van der Waals surface area contributed by atoms with E-state index in [1.807, 2.05) is 0 Å². The highest BCUT2D eigenvalue weighted by atomic mass is 15.2. The van der Waals surface area contributed by atoms with E-state index in [0.717, 1.165) is 44.4 Å². The molecule has 1 unspecified atom stereocenters. The average Bonchev–Trinajstić information content (AvgIpc) is 2.97. The Morgan fingerprint density at radius 3 is 2.47 bits per heavy atom. The van der Waals surface area contributed by atoms with Crippen LogP contribution in [0.3, 0.4) is 0 Å². The summed E-state index contributed by atoms with van der Waals surface area (Å²) in [6.45, 7) is 5.13. The van der Waals surface area contributed by atoms with E-state index in [9.17, 15) is 0 Å². The molecule has 0 aromatic carbocycles. The van der Waals surface area contributed by atoms with Crippen LogP contribution < -0.4 is 15.5 Å². The smallest absolute Gasteiger partial charge is 0.134 e. The van der Waals surface area contributed by atoms with Gasteiger partial charge in [0.1, 0.15) is 18.0 Å². The van der Waals surface area contributed by atoms with E-state index < -0.39 is 0 Å². The highest BCUT2D eigenvalue weighted by molar-refractivity contribution is 5.50. The molecule has 0 aliphatic carbocycles. The minimum atomic E-state index is 0.619. The number of aromatic nitrogens is 2. The van der Waals surface area contributed by atoms with Crippen molar-refractivity contribution in [3.8, 4) is 0 Å². The van der Waals surface area contributed by atoms with Gasteiger partial charge >= 0.3 is 0 Å². The Kier molecular flexibility index (Phi) is 3.82. The molecule has 2 aliphatic rings. The molecule has 0 saturated carbocycles. The molecular formula is C14H23N5. The Morgan fingerprint density at radius 2 is 1.79 bits per heavy atom. The second kappa shape index (κ2) is 5.74. The lowest BCUT2D eigenvalue weighted by Crippen LogP contribution is -2.30. The molecule has 19 heavy (non-hydrogen) atoms. The molecule has 3 rings (SSSR count). The summed E-state index contributed by atoms with van der Waals surface area (Å²) < 4.78 is 0. The van der Waals surface area contributed by atoms with E-state index in [4.69, 9.17) is 5.73 Å². The van der Waals surface area contributed by atoms with E-state index >= 15 is 0 Å². The van der Waals surface area contributed by atoms with Gasteiger partial charge in [-0.15, -0.1) is 0 Å². The van der Waals surface area contributed by atoms with Crippen molar-refractivity contribution in [2.75, 3.05) is 42.5 Å². The average molecular weight is 261 g/mol. The van der Waals surface area contributed by atoms with Crippen LogP contribution in [0.5, 0.6) is 0 Å². The van der Waals surface area contributed by atoms with Gasteiger partial charge in [-0.25, -0.2) is 9.97 Å². The van der Waals surface area contributed by atoms with Crippen molar-refractivity contribution in [1.29, 1.82) is 0 Å². The first-order valence-electron chi connectivity index (χ1n) is 7.39. The topological polar surface area (TPSA) is 58.3 Å². The number of anilines is 2. The van der Waals surface area contributed by atoms with Crippen molar-refractivity contribution in [3.05, 3.63) is 12.4 Å². The van der Waals surface area contributed by atoms with Gasteiger partial charge in [-0.2, -0.15) is 0 Å². The third-order valence-electron chi connectivity index (χ3n) is 4.26. The van der Waals surface area contributed by atoms with E-state index in [-0.39, 0.29) is 0 Å². The standard InChI is InChI=1S/C14H23N5/c15-9-12-4-7-19(10-12)14-8-13(16-11-17-14)18-5-2-1-3-6-18/h8,11-12H,1-7,9-10,15H2. The first kappa shape index (κ1) is 12.7. The van der Waals surface area contributed by atoms with Gasteiger partial charge in [0.05, 0.1) is 0 Å². The van der Waals surface area contributed by atoms with Crippen LogP contribution >= 0.6 is 0 Å². The first-order chi connectivity index (χ1) is 9.36. The van der Waals surface area contributed by atoms with Crippen LogP contribution in [-0.2, 0) is 0 Å². The number of hydrogen-bond acceptors (Lipinski definition) is 5. The highest BCUT2D eigenvalue weighted by Crippen LogP contribution is 2.25. The molecule has 0 spiro atoms. The fourth-order valence-corrected chi connectivity index (χ4v) is 3.04. The summed E-state index contributed by atoms with van der Waals surface area (Å²) in [5, 5.41) is 0. The largest absolute Gasteiger partial charge is 0.356 e. The summed E-state index contributed by atoms with van der Waals surface area (Å²) in [6, 6.07) is 2.14. The quantitative estimate of drug-likeness (QED) is 0.887. The lowest BCUT2D eigenvalue weighted by atomic mass is 10.1. The zero-order chi connectivity index (χ0) is 13.1. The van der Waals surface area contributed by atoms with Gasteiger partial charge in [0, 0.05) is 32.2 Å². The summed E-state index contributed by atoms with van der Waals surface area (Å²) in [6.07, 6.45) is 6.78. The van der Waals surface area contributed by atoms with Gasteiger partial charge in [0.25, 0.3) is 0 Å². The van der Waals surface area contributed by atoms with Crippen LogP contribution in [-0.4, -0.2) is 42.7 Å². The fraction of sp³-hybridized carbons (Fsp3) is 0.714. The van der Waals surface area contributed by atoms with Crippen molar-refractivity contribution in [3.63, 3.8) is 0 Å². The minimum Gasteiger partial charge on any atom is -0.356 e. The maximum absolute atomic E-state index is 5.75. The number of nitrogens with zero attached hydrogens (tertiary/aromatic N) is 4. The number of piperidine rings is 1. The van der Waals surface area contributed by atoms with Crippen LogP contribution in [0.15, 0.2) is 12.4 Å². The van der Waals surface area contributed by atoms with Crippen molar-refractivity contribution in [1.82, 2.24) is 9.97 Å². The number of rotatable bonds is 3. The molecule has 2 N–H and O–H groups in total. The normalized spacial score (nSPS) is 23.9. The van der Waals surface area contributed by atoms with Gasteiger partial charge < -0.3 is 15.5 Å². The maximum Gasteiger partial charge on any atom is 0.134 e. The molecule has 5 nitrogen and oxygen atoms in total. The summed E-state index contributed by atoms with van der Waals surface area (Å²) in [7, 11) is 0. The molecular weight excluding hydrogens is 238 g/mol. The van der Waals surface area contributed by atoms with Crippen molar-refractivity contribution < 1.29 is 0 Å². The zero-order valence-electron chi connectivity index (χ0n) is 11.5. The van der Waals surface area contributed by atoms with Gasteiger partial charge in [0.15, 0.2) is 0 Å². The zero-order valence-corrected chi connectivity index (χ0v) is 11.5. The number of nitrogens with two attached hydrogens (primary N) is 1. The molecule has 1 aromatic rings. The lowest BCUT2D eigenvalue weighted by molar-refractivity contribution is 0.573. The van der Waals surface area contributed by atoms with Crippen molar-refractivity contribution in [2.45, 2.75) is 25.7 Å². The van der Waals surface area contributed by atoms with E-state index in [1.165, 1.54) is 25.7 Å². The van der Waals surface area contributed by atoms with Gasteiger partial charge in [-0.1, -0.05) is 0 Å². The maximum atomic E-state index is 5.75. The third kappa shape index (κ3) is 2.81. The van der Waals surface area contributed by atoms with Crippen LogP contribution in [0, 0.1) is 5.92 Å². The lowest BCUT2D eigenvalue weighted by Gasteiger charge is -2.28. The second-order valence-corrected chi connectivity index (χ2v) is 5.62. The summed E-state index contributed by atoms with van der Waals surface area (Å²) in [4.78, 5) is 13.6. The minimum absolute atomic E-state index is 0.619. The van der Waals surface area contributed by atoms with Gasteiger partial charge in [-0.3, -0.25) is 0 Å². The summed E-state index contributed by atoms with van der Waals surface area (Å²) in [5.41, 5.74) is 5.75. The van der Waals surface area contributed by atoms with Crippen LogP contribution in [0.25, 0.3) is 0 Å². The predicted molar refractivity (Wildman–Crippen MR) is 77.5 cm³/mol. The first-order valence-corrected chi connectivity index (χ1v) is 7.39. The van der Waals surface area contributed by atoms with Crippen LogP contribution in [0.1, 0.15) is 25.7 Å². The summed E-state index contributed by atoms with van der Waals surface area (Å²) >= 11 is 0. The fourth-order valence-electron chi connectivity index (χ4n) is 3.04. The van der Waals surface area contributed by atoms with Gasteiger partial charge in [0.2, 0.25) is 0 Å². The molecule has 0 bridgehead atoms. The molecule has 0 amide bonds. The second-order valence-electron chi connectivity index (χ2n) is 5.62. The molecule has 1 aromatic heterocycles. The molecule has 2 aliphatic heterocycles. The Hall–Kier alpha value is -1.36. The number of hydrogen-bond donors (Lipinski definition) is 1. The monoisotopic (exact) mass is 261 g/mol. The van der Waals surface area contributed by atoms with Crippen molar-refractivity contribution in [2.24, 2.45) is 11.7 Å². The third-order valence-corrected chi connectivity index (χ3v) is 4.26. The van der Waals surface area contributed by atoms with E-state index in [0.29, 0.717) is 5.92 Å². The van der Waals surface area contributed by atoms with Crippen LogP contribution in [0.2, 0.25) is 0 Å². The Balaban J connectivity index is 1.72. The van der Waals surface area contributed by atoms with Crippen LogP contribution in [0.4, 0.5) is 11.6 Å². The van der Waals surface area contributed by atoms with E-state index in [1.54, 1.807) is 6.33 Å². The highest BCUT2D eigenvalue weighted by Gasteiger charge is 2.23. The molecule has 5 heteroatoms. The Bertz CT molecular complexity index is 416. The summed E-state index contributed by atoms with van der Waals surface area (Å²) in [5.74, 6) is 2.76.